The maximum Gasteiger partial charge on any atom is 0.0923 e. The van der Waals surface area contributed by atoms with Crippen LogP contribution in [0.2, 0.25) is 0 Å². The molecular weight excluding hydrogens is 1400 g/mol. The highest BCUT2D eigenvalue weighted by atomic mass is 15.2. The number of hydrogen-bond acceptors (Lipinski definition) is 3. The number of hydrogen-bond donors (Lipinski definition) is 0. The summed E-state index contributed by atoms with van der Waals surface area (Å²) in [6.45, 7) is 0. The van der Waals surface area contributed by atoms with Crippen LogP contribution in [0.4, 0.5) is 0 Å². The van der Waals surface area contributed by atoms with Gasteiger partial charge in [0.25, 0.3) is 0 Å². The monoisotopic (exact) mass is 1480 g/mol. The third-order valence-electron chi connectivity index (χ3n) is 25.3. The van der Waals surface area contributed by atoms with Crippen LogP contribution >= 0.6 is 0 Å². The van der Waals surface area contributed by atoms with E-state index in [9.17, 15) is 0 Å². The summed E-state index contributed by atoms with van der Waals surface area (Å²) in [5.41, 5.74) is 28.7. The first-order valence-electron chi connectivity index (χ1n) is 40.9. The Morgan fingerprint density at radius 3 is 0.922 bits per heavy atom. The molecule has 2 saturated carbocycles. The Balaban J connectivity index is 0.000000104. The molecule has 2 aliphatic rings. The highest BCUT2D eigenvalue weighted by Gasteiger charge is 2.25. The summed E-state index contributed by atoms with van der Waals surface area (Å²) < 4.78 is 15.8. The van der Waals surface area contributed by atoms with Gasteiger partial charge in [-0.3, -0.25) is 0 Å². The average Bonchev–Trinajstić information content (AvgIpc) is 1.58. The molecule has 0 unspecified atom stereocenters. The highest BCUT2D eigenvalue weighted by molar-refractivity contribution is 6.13. The van der Waals surface area contributed by atoms with E-state index in [1.165, 1.54) is 184 Å². The Hall–Kier alpha value is -14.1. The lowest BCUT2D eigenvalue weighted by Gasteiger charge is -2.22. The summed E-state index contributed by atoms with van der Waals surface area (Å²) in [6.07, 6.45) is 19.6. The minimum atomic E-state index is 0.705. The van der Waals surface area contributed by atoms with E-state index >= 15 is 0 Å². The molecule has 0 saturated heterocycles. The summed E-state index contributed by atoms with van der Waals surface area (Å²) in [7, 11) is 0. The van der Waals surface area contributed by atoms with E-state index in [2.05, 4.69) is 372 Å². The Morgan fingerprint density at radius 2 is 0.522 bits per heavy atom. The van der Waals surface area contributed by atoms with E-state index in [1.54, 1.807) is 0 Å². The number of para-hydroxylation sites is 9. The molecule has 0 spiro atoms. The van der Waals surface area contributed by atoms with Crippen molar-refractivity contribution in [3.05, 3.63) is 363 Å². The summed E-state index contributed by atoms with van der Waals surface area (Å²) in [5, 5.41) is 28.4. The summed E-state index contributed by atoms with van der Waals surface area (Å²) >= 11 is 0. The van der Waals surface area contributed by atoms with Crippen molar-refractivity contribution in [2.45, 2.75) is 76.0 Å². The molecule has 10 heterocycles. The Labute approximate surface area is 663 Å². The summed E-state index contributed by atoms with van der Waals surface area (Å²) in [4.78, 5) is 0. The van der Waals surface area contributed by atoms with Gasteiger partial charge in [0.1, 0.15) is 0 Å². The predicted octanol–water partition coefficient (Wildman–Crippen LogP) is 27.3. The molecule has 0 bridgehead atoms. The number of rotatable bonds is 8. The molecule has 0 radical (unpaired) electrons. The number of benzene rings is 13. The third-order valence-corrected chi connectivity index (χ3v) is 25.3. The second-order valence-electron chi connectivity index (χ2n) is 31.7. The zero-order chi connectivity index (χ0) is 75.6. The van der Waals surface area contributed by atoms with Gasteiger partial charge in [0.05, 0.1) is 102 Å². The second-order valence-corrected chi connectivity index (χ2v) is 31.7. The van der Waals surface area contributed by atoms with Crippen LogP contribution in [0.5, 0.6) is 0 Å². The first-order chi connectivity index (χ1) is 57.1. The normalized spacial score (nSPS) is 13.8. The topological polar surface area (TPSA) is 71.6 Å². The molecule has 2 fully saturated rings. The van der Waals surface area contributed by atoms with E-state index in [0.29, 0.717) is 11.8 Å². The van der Waals surface area contributed by atoms with Gasteiger partial charge < -0.3 is 18.3 Å². The number of fused-ring (bicyclic) bond motifs is 21. The van der Waals surface area contributed by atoms with Crippen LogP contribution in [-0.2, 0) is 0 Å². The molecule has 10 nitrogen and oxygen atoms in total. The second kappa shape index (κ2) is 27.4. The van der Waals surface area contributed by atoms with Gasteiger partial charge in [-0.1, -0.05) is 245 Å². The molecule has 0 aliphatic heterocycles. The molecule has 23 aromatic rings. The molecule has 115 heavy (non-hydrogen) atoms. The predicted molar refractivity (Wildman–Crippen MR) is 478 cm³/mol. The van der Waals surface area contributed by atoms with Gasteiger partial charge in [-0.2, -0.15) is 15.3 Å². The van der Waals surface area contributed by atoms with Gasteiger partial charge >= 0.3 is 0 Å². The lowest BCUT2D eigenvalue weighted by Crippen LogP contribution is -2.04. The fourth-order valence-electron chi connectivity index (χ4n) is 19.8. The zero-order valence-corrected chi connectivity index (χ0v) is 63.7. The van der Waals surface area contributed by atoms with Crippen LogP contribution in [0.25, 0.3) is 181 Å². The zero-order valence-electron chi connectivity index (χ0n) is 63.7. The van der Waals surface area contributed by atoms with Crippen molar-refractivity contribution in [3.63, 3.8) is 0 Å². The largest absolute Gasteiger partial charge is 0.309 e. The van der Waals surface area contributed by atoms with Crippen molar-refractivity contribution >= 4 is 136 Å². The van der Waals surface area contributed by atoms with E-state index in [-0.39, 0.29) is 0 Å². The van der Waals surface area contributed by atoms with Crippen LogP contribution in [0.3, 0.4) is 0 Å². The van der Waals surface area contributed by atoms with Gasteiger partial charge in [0.2, 0.25) is 0 Å². The van der Waals surface area contributed by atoms with Crippen molar-refractivity contribution in [1.82, 2.24) is 47.1 Å². The van der Waals surface area contributed by atoms with Crippen molar-refractivity contribution in [3.8, 4) is 45.0 Å². The Bertz CT molecular complexity index is 7400. The SMILES string of the molecule is c1ccc2c(c1)ccc1c(-c3cc(-n4c5ccccc5c5ccccc54)cc(-n4c5ccccc5c5ccccc54)c3)cnn12.c1ccc2c(c1)ccc1c(-c3ccc(-n4c5ccccc5c5ccccc54)cc3)cnn12.c1ccc2c(c1)ccc1c(-n3c4ccc(C5CCCCC5)cc4c4cc(C5CCCCC5)ccc43)cnn12. The Kier molecular flexibility index (Phi) is 15.9. The lowest BCUT2D eigenvalue weighted by atomic mass is 9.83. The van der Waals surface area contributed by atoms with Gasteiger partial charge in [-0.25, -0.2) is 13.5 Å². The summed E-state index contributed by atoms with van der Waals surface area (Å²) in [6, 6.07) is 121. The fraction of sp³-hybridized carbons (Fsp3) is 0.114. The lowest BCUT2D eigenvalue weighted by molar-refractivity contribution is 0.444. The van der Waals surface area contributed by atoms with Gasteiger partial charge in [-0.05, 0) is 187 Å². The van der Waals surface area contributed by atoms with Crippen molar-refractivity contribution in [2.24, 2.45) is 0 Å². The molecule has 13 aromatic carbocycles. The fourth-order valence-corrected chi connectivity index (χ4v) is 19.8. The first-order valence-corrected chi connectivity index (χ1v) is 40.9. The first kappa shape index (κ1) is 66.7. The van der Waals surface area contributed by atoms with Gasteiger partial charge in [0, 0.05) is 87.4 Å². The van der Waals surface area contributed by atoms with Crippen LogP contribution in [0.15, 0.2) is 352 Å². The molecule has 0 amide bonds. The maximum atomic E-state index is 4.91. The van der Waals surface area contributed by atoms with Crippen LogP contribution in [0, 0.1) is 0 Å². The Morgan fingerprint density at radius 1 is 0.209 bits per heavy atom. The van der Waals surface area contributed by atoms with Gasteiger partial charge in [-0.15, -0.1) is 0 Å². The van der Waals surface area contributed by atoms with Crippen LogP contribution in [-0.4, -0.2) is 47.1 Å². The van der Waals surface area contributed by atoms with Crippen molar-refractivity contribution in [1.29, 1.82) is 0 Å². The van der Waals surface area contributed by atoms with E-state index in [4.69, 9.17) is 10.2 Å². The van der Waals surface area contributed by atoms with E-state index in [0.717, 1.165) is 72.5 Å². The molecule has 0 N–H and O–H groups in total. The van der Waals surface area contributed by atoms with Crippen LogP contribution in [0.1, 0.15) is 87.2 Å². The van der Waals surface area contributed by atoms with E-state index < -0.39 is 0 Å². The smallest absolute Gasteiger partial charge is 0.0923 e. The highest BCUT2D eigenvalue weighted by Crippen LogP contribution is 2.45. The quantitative estimate of drug-likeness (QED) is 0.152. The molecule has 2 aliphatic carbocycles. The molecule has 550 valence electrons. The standard InChI is InChI=1S/C41H26N4.C35H35N3.C29H19N3/c1-6-16-36-27(11-1)21-22-41-35(26-42-45(36)41)28-23-29(43-37-17-7-2-12-31(37)32-13-3-8-18-38(32)43)25-30(24-28)44-39-19-9-4-14-33(39)34-15-5-10-20-40(34)44;1-3-9-24(10-4-1)27-16-18-32-29(21-27)30-22-28(25-11-5-2-6-12-25)17-19-33(30)37(32)35-23-36-38-31-14-8-7-13-26(31)15-20-34(35)38;1-4-10-26-21(7-1)15-18-29-25(19-30-32(26)29)20-13-16-22(17-14-20)31-27-11-5-2-8-23(27)24-9-3-6-12-28(24)31/h1-26H;7-8,13-25H,1-6,9-12H2;1-19H. The van der Waals surface area contributed by atoms with Crippen molar-refractivity contribution in [2.75, 3.05) is 0 Å². The average molecular weight is 1480 g/mol. The van der Waals surface area contributed by atoms with Crippen molar-refractivity contribution < 1.29 is 0 Å². The molecule has 25 rings (SSSR count). The molecule has 10 aromatic heterocycles. The summed E-state index contributed by atoms with van der Waals surface area (Å²) in [5.74, 6) is 1.41. The van der Waals surface area contributed by atoms with Crippen LogP contribution < -0.4 is 0 Å². The minimum Gasteiger partial charge on any atom is -0.309 e. The number of pyridine rings is 3. The molecule has 0 atom stereocenters. The minimum absolute atomic E-state index is 0.705. The molecular formula is C105H80N10. The number of nitrogens with zero attached hydrogens (tertiary/aromatic N) is 10. The third kappa shape index (κ3) is 11.0. The van der Waals surface area contributed by atoms with E-state index in [1.807, 2.05) is 16.9 Å². The molecule has 10 heteroatoms. The van der Waals surface area contributed by atoms with Gasteiger partial charge in [0.15, 0.2) is 0 Å². The maximum absolute atomic E-state index is 4.91. The number of aromatic nitrogens is 10.